The number of aromatic nitrogens is 1. The summed E-state index contributed by atoms with van der Waals surface area (Å²) in [5.74, 6) is 0.448. The van der Waals surface area contributed by atoms with Gasteiger partial charge in [0.1, 0.15) is 5.69 Å². The van der Waals surface area contributed by atoms with Gasteiger partial charge in [-0.25, -0.2) is 0 Å². The Morgan fingerprint density at radius 1 is 1.27 bits per heavy atom. The van der Waals surface area contributed by atoms with Crippen LogP contribution < -0.4 is 0 Å². The molecule has 0 N–H and O–H groups in total. The van der Waals surface area contributed by atoms with Gasteiger partial charge < -0.3 is 9.42 Å². The first-order valence-corrected chi connectivity index (χ1v) is 8.06. The number of hydrogen-bond donors (Lipinski definition) is 0. The average Bonchev–Trinajstić information content (AvgIpc) is 3.24. The third-order valence-electron chi connectivity index (χ3n) is 4.36. The van der Waals surface area contributed by atoms with Gasteiger partial charge in [-0.2, -0.15) is 0 Å². The van der Waals surface area contributed by atoms with Gasteiger partial charge in [0.2, 0.25) is 11.5 Å². The second kappa shape index (κ2) is 6.88. The molecule has 0 unspecified atom stereocenters. The van der Waals surface area contributed by atoms with Crippen LogP contribution in [0.5, 0.6) is 0 Å². The zero-order valence-corrected chi connectivity index (χ0v) is 13.0. The maximum Gasteiger partial charge on any atom is 0.205 e. The maximum atomic E-state index is 12.6. The Morgan fingerprint density at radius 2 is 2.00 bits per heavy atom. The van der Waals surface area contributed by atoms with Crippen LogP contribution in [0.4, 0.5) is 0 Å². The van der Waals surface area contributed by atoms with Crippen LogP contribution in [0.3, 0.4) is 0 Å². The van der Waals surface area contributed by atoms with E-state index in [1.54, 1.807) is 6.07 Å². The first kappa shape index (κ1) is 15.0. The SMILES string of the molecule is CC[C@H](CN1CCCC1)C(=O)c1cc(-c2ccccc2)no1. The summed E-state index contributed by atoms with van der Waals surface area (Å²) < 4.78 is 5.31. The number of nitrogens with zero attached hydrogens (tertiary/aromatic N) is 2. The predicted molar refractivity (Wildman–Crippen MR) is 85.7 cm³/mol. The van der Waals surface area contributed by atoms with Gasteiger partial charge in [-0.1, -0.05) is 42.4 Å². The van der Waals surface area contributed by atoms with Gasteiger partial charge in [-0.15, -0.1) is 0 Å². The zero-order valence-electron chi connectivity index (χ0n) is 13.0. The van der Waals surface area contributed by atoms with Crippen molar-refractivity contribution in [2.24, 2.45) is 5.92 Å². The molecule has 1 aromatic heterocycles. The first-order chi connectivity index (χ1) is 10.8. The highest BCUT2D eigenvalue weighted by Crippen LogP contribution is 2.22. The number of likely N-dealkylation sites (tertiary alicyclic amines) is 1. The third kappa shape index (κ3) is 3.28. The zero-order chi connectivity index (χ0) is 15.4. The van der Waals surface area contributed by atoms with E-state index in [9.17, 15) is 4.79 Å². The minimum atomic E-state index is -0.00493. The van der Waals surface area contributed by atoms with Crippen LogP contribution in [0.25, 0.3) is 11.3 Å². The van der Waals surface area contributed by atoms with Crippen LogP contribution in [0.2, 0.25) is 0 Å². The molecule has 0 amide bonds. The molecular weight excluding hydrogens is 276 g/mol. The van der Waals surface area contributed by atoms with Gasteiger partial charge in [-0.05, 0) is 32.4 Å². The van der Waals surface area contributed by atoms with E-state index in [1.807, 2.05) is 30.3 Å². The molecule has 22 heavy (non-hydrogen) atoms. The lowest BCUT2D eigenvalue weighted by Crippen LogP contribution is -2.30. The predicted octanol–water partition coefficient (Wildman–Crippen LogP) is 3.65. The van der Waals surface area contributed by atoms with E-state index in [2.05, 4.69) is 17.0 Å². The summed E-state index contributed by atoms with van der Waals surface area (Å²) >= 11 is 0. The van der Waals surface area contributed by atoms with E-state index < -0.39 is 0 Å². The first-order valence-electron chi connectivity index (χ1n) is 8.06. The van der Waals surface area contributed by atoms with Crippen LogP contribution in [0.1, 0.15) is 36.7 Å². The van der Waals surface area contributed by atoms with Gasteiger partial charge in [0.05, 0.1) is 0 Å². The molecule has 0 saturated carbocycles. The molecule has 2 heterocycles. The highest BCUT2D eigenvalue weighted by atomic mass is 16.5. The lowest BCUT2D eigenvalue weighted by molar-refractivity contribution is 0.0847. The van der Waals surface area contributed by atoms with Gasteiger partial charge in [0.15, 0.2) is 0 Å². The van der Waals surface area contributed by atoms with Crippen molar-refractivity contribution in [2.75, 3.05) is 19.6 Å². The van der Waals surface area contributed by atoms with Crippen LogP contribution in [-0.2, 0) is 0 Å². The molecule has 1 aromatic carbocycles. The maximum absolute atomic E-state index is 12.6. The van der Waals surface area contributed by atoms with Gasteiger partial charge in [0.25, 0.3) is 0 Å². The van der Waals surface area contributed by atoms with Crippen LogP contribution >= 0.6 is 0 Å². The van der Waals surface area contributed by atoms with Crippen LogP contribution in [0.15, 0.2) is 40.9 Å². The van der Waals surface area contributed by atoms with E-state index in [-0.39, 0.29) is 11.7 Å². The number of ketones is 1. The molecule has 0 bridgehead atoms. The van der Waals surface area contributed by atoms with Gasteiger partial charge in [0, 0.05) is 24.1 Å². The number of hydrogen-bond acceptors (Lipinski definition) is 4. The van der Waals surface area contributed by atoms with Crippen molar-refractivity contribution in [3.05, 3.63) is 42.2 Å². The van der Waals surface area contributed by atoms with Crippen molar-refractivity contribution < 1.29 is 9.32 Å². The highest BCUT2D eigenvalue weighted by Gasteiger charge is 2.26. The molecular formula is C18H22N2O2. The largest absolute Gasteiger partial charge is 0.352 e. The fourth-order valence-electron chi connectivity index (χ4n) is 3.01. The Hall–Kier alpha value is -1.94. The Morgan fingerprint density at radius 3 is 2.68 bits per heavy atom. The lowest BCUT2D eigenvalue weighted by atomic mass is 9.98. The number of carbonyl (C=O) groups excluding carboxylic acids is 1. The molecule has 3 rings (SSSR count). The smallest absolute Gasteiger partial charge is 0.205 e. The minimum Gasteiger partial charge on any atom is -0.352 e. The van der Waals surface area contributed by atoms with Crippen molar-refractivity contribution in [2.45, 2.75) is 26.2 Å². The van der Waals surface area contributed by atoms with Crippen molar-refractivity contribution >= 4 is 5.78 Å². The fourth-order valence-corrected chi connectivity index (χ4v) is 3.01. The third-order valence-corrected chi connectivity index (χ3v) is 4.36. The van der Waals surface area contributed by atoms with Gasteiger partial charge in [-0.3, -0.25) is 4.79 Å². The van der Waals surface area contributed by atoms with E-state index in [1.165, 1.54) is 12.8 Å². The molecule has 4 heteroatoms. The van der Waals surface area contributed by atoms with Crippen molar-refractivity contribution in [3.8, 4) is 11.3 Å². The average molecular weight is 298 g/mol. The van der Waals surface area contributed by atoms with Gasteiger partial charge >= 0.3 is 0 Å². The normalized spacial score (nSPS) is 16.8. The summed E-state index contributed by atoms with van der Waals surface area (Å²) in [5, 5.41) is 4.05. The van der Waals surface area contributed by atoms with E-state index in [0.29, 0.717) is 5.76 Å². The lowest BCUT2D eigenvalue weighted by Gasteiger charge is -2.20. The monoisotopic (exact) mass is 298 g/mol. The summed E-state index contributed by atoms with van der Waals surface area (Å²) in [6, 6.07) is 11.6. The van der Waals surface area contributed by atoms with Crippen molar-refractivity contribution in [3.63, 3.8) is 0 Å². The Balaban J connectivity index is 1.72. The highest BCUT2D eigenvalue weighted by molar-refractivity contribution is 5.96. The molecule has 0 radical (unpaired) electrons. The Bertz CT molecular complexity index is 615. The second-order valence-electron chi connectivity index (χ2n) is 5.92. The molecule has 1 saturated heterocycles. The molecule has 0 aliphatic carbocycles. The Labute approximate surface area is 131 Å². The minimum absolute atomic E-state index is 0.00493. The molecule has 1 fully saturated rings. The molecule has 1 aliphatic heterocycles. The number of rotatable bonds is 6. The summed E-state index contributed by atoms with van der Waals surface area (Å²) in [6.07, 6.45) is 3.31. The summed E-state index contributed by atoms with van der Waals surface area (Å²) in [7, 11) is 0. The fraction of sp³-hybridized carbons (Fsp3) is 0.444. The molecule has 1 atom stereocenters. The standard InChI is InChI=1S/C18H22N2O2/c1-2-14(13-20-10-6-7-11-20)18(21)17-12-16(19-22-17)15-8-4-3-5-9-15/h3-5,8-9,12,14H,2,6-7,10-11,13H2,1H3/t14-/m1/s1. The molecule has 0 spiro atoms. The van der Waals surface area contributed by atoms with E-state index in [4.69, 9.17) is 4.52 Å². The molecule has 2 aromatic rings. The topological polar surface area (TPSA) is 46.3 Å². The van der Waals surface area contributed by atoms with Crippen molar-refractivity contribution in [1.82, 2.24) is 10.1 Å². The molecule has 116 valence electrons. The summed E-state index contributed by atoms with van der Waals surface area (Å²) in [4.78, 5) is 15.0. The molecule has 4 nitrogen and oxygen atoms in total. The van der Waals surface area contributed by atoms with E-state index in [0.717, 1.165) is 37.3 Å². The Kier molecular flexibility index (Phi) is 4.68. The number of benzene rings is 1. The number of Topliss-reactive ketones (excluding diaryl/α,β-unsaturated/α-hetero) is 1. The van der Waals surface area contributed by atoms with Crippen LogP contribution in [-0.4, -0.2) is 35.5 Å². The summed E-state index contributed by atoms with van der Waals surface area (Å²) in [6.45, 7) is 5.11. The van der Waals surface area contributed by atoms with E-state index >= 15 is 0 Å². The summed E-state index contributed by atoms with van der Waals surface area (Å²) in [5.41, 5.74) is 1.69. The number of carbonyl (C=O) groups is 1. The van der Waals surface area contributed by atoms with Crippen molar-refractivity contribution in [1.29, 1.82) is 0 Å². The second-order valence-corrected chi connectivity index (χ2v) is 5.92. The van der Waals surface area contributed by atoms with Crippen LogP contribution in [0, 0.1) is 5.92 Å². The quantitative estimate of drug-likeness (QED) is 0.764. The molecule has 1 aliphatic rings.